The van der Waals surface area contributed by atoms with Crippen molar-refractivity contribution in [1.82, 2.24) is 5.32 Å². The number of sulfone groups is 1. The molecule has 1 aromatic rings. The second kappa shape index (κ2) is 8.78. The molecule has 0 radical (unpaired) electrons. The van der Waals surface area contributed by atoms with E-state index < -0.39 is 21.0 Å². The normalized spacial score (nSPS) is 12.7. The molecule has 22 heavy (non-hydrogen) atoms. The molecule has 0 bridgehead atoms. The molecular formula is C16H25NO4S. The van der Waals surface area contributed by atoms with E-state index >= 15 is 0 Å². The van der Waals surface area contributed by atoms with Crippen LogP contribution in [-0.2, 0) is 14.6 Å². The zero-order chi connectivity index (χ0) is 16.6. The topological polar surface area (TPSA) is 72.5 Å². The van der Waals surface area contributed by atoms with Crippen molar-refractivity contribution < 1.29 is 17.9 Å². The van der Waals surface area contributed by atoms with Crippen molar-refractivity contribution in [1.29, 1.82) is 0 Å². The number of benzene rings is 1. The van der Waals surface area contributed by atoms with E-state index in [0.29, 0.717) is 26.0 Å². The van der Waals surface area contributed by atoms with Gasteiger partial charge in [0.15, 0.2) is 9.84 Å². The quantitative estimate of drug-likeness (QED) is 0.705. The van der Waals surface area contributed by atoms with Crippen LogP contribution in [0.3, 0.4) is 0 Å². The number of carbonyl (C=O) groups excluding carboxylic acids is 1. The van der Waals surface area contributed by atoms with Gasteiger partial charge in [0.2, 0.25) is 5.91 Å². The lowest BCUT2D eigenvalue weighted by Gasteiger charge is -2.13. The third kappa shape index (κ3) is 6.05. The summed E-state index contributed by atoms with van der Waals surface area (Å²) >= 11 is 0. The van der Waals surface area contributed by atoms with Gasteiger partial charge in [-0.25, -0.2) is 8.42 Å². The molecule has 1 N–H and O–H groups in total. The molecule has 5 nitrogen and oxygen atoms in total. The highest BCUT2D eigenvalue weighted by molar-refractivity contribution is 7.92. The molecule has 0 spiro atoms. The van der Waals surface area contributed by atoms with Gasteiger partial charge < -0.3 is 10.1 Å². The molecule has 1 rings (SSSR count). The summed E-state index contributed by atoms with van der Waals surface area (Å²) in [5, 5.41) is 1.65. The van der Waals surface area contributed by atoms with E-state index in [9.17, 15) is 13.2 Å². The molecular weight excluding hydrogens is 302 g/mol. The van der Waals surface area contributed by atoms with Crippen molar-refractivity contribution in [3.05, 3.63) is 29.8 Å². The van der Waals surface area contributed by atoms with E-state index in [-0.39, 0.29) is 5.75 Å². The van der Waals surface area contributed by atoms with Crippen molar-refractivity contribution in [2.75, 3.05) is 18.9 Å². The molecule has 0 fully saturated rings. The van der Waals surface area contributed by atoms with E-state index in [1.807, 2.05) is 31.2 Å². The molecule has 1 amide bonds. The summed E-state index contributed by atoms with van der Waals surface area (Å²) < 4.78 is 29.1. The fourth-order valence-electron chi connectivity index (χ4n) is 1.88. The first-order chi connectivity index (χ1) is 10.4. The van der Waals surface area contributed by atoms with Crippen LogP contribution in [0.1, 0.15) is 32.3 Å². The summed E-state index contributed by atoms with van der Waals surface area (Å²) in [5.74, 6) is 0.387. The molecule has 0 aliphatic rings. The number of carbonyl (C=O) groups is 1. The van der Waals surface area contributed by atoms with E-state index in [0.717, 1.165) is 5.75 Å². The fraction of sp³-hybridized carbons (Fsp3) is 0.562. The molecule has 0 aromatic heterocycles. The van der Waals surface area contributed by atoms with Gasteiger partial charge in [-0.1, -0.05) is 24.6 Å². The Kier molecular flexibility index (Phi) is 7.38. The van der Waals surface area contributed by atoms with Crippen LogP contribution in [0.25, 0.3) is 0 Å². The maximum Gasteiger partial charge on any atom is 0.238 e. The average molecular weight is 327 g/mol. The average Bonchev–Trinajstić information content (AvgIpc) is 2.47. The number of aryl methyl sites for hydroxylation is 1. The highest BCUT2D eigenvalue weighted by Crippen LogP contribution is 2.11. The van der Waals surface area contributed by atoms with Gasteiger partial charge in [0.05, 0.1) is 12.4 Å². The van der Waals surface area contributed by atoms with E-state index in [1.54, 1.807) is 6.92 Å². The monoisotopic (exact) mass is 327 g/mol. The standard InChI is InChI=1S/C16H25NO4S/c1-4-12-22(19,20)14(3)16(18)17-10-5-11-21-15-8-6-13(2)7-9-15/h6-9,14H,4-5,10-12H2,1-3H3,(H,17,18). The summed E-state index contributed by atoms with van der Waals surface area (Å²) in [6.45, 7) is 6.09. The lowest BCUT2D eigenvalue weighted by atomic mass is 10.2. The molecule has 0 aliphatic carbocycles. The van der Waals surface area contributed by atoms with E-state index in [2.05, 4.69) is 5.32 Å². The SMILES string of the molecule is CCCS(=O)(=O)C(C)C(=O)NCCCOc1ccc(C)cc1. The van der Waals surface area contributed by atoms with Gasteiger partial charge in [0.25, 0.3) is 0 Å². The lowest BCUT2D eigenvalue weighted by Crippen LogP contribution is -2.39. The van der Waals surface area contributed by atoms with Gasteiger partial charge in [0.1, 0.15) is 11.0 Å². The van der Waals surface area contributed by atoms with Crippen molar-refractivity contribution >= 4 is 15.7 Å². The van der Waals surface area contributed by atoms with Gasteiger partial charge in [-0.2, -0.15) is 0 Å². The first kappa shape index (κ1) is 18.5. The second-order valence-electron chi connectivity index (χ2n) is 5.32. The number of nitrogens with one attached hydrogen (secondary N) is 1. The molecule has 1 unspecified atom stereocenters. The van der Waals surface area contributed by atoms with Crippen LogP contribution in [0, 0.1) is 6.92 Å². The summed E-state index contributed by atoms with van der Waals surface area (Å²) in [5.41, 5.74) is 1.17. The summed E-state index contributed by atoms with van der Waals surface area (Å²) in [4.78, 5) is 11.8. The molecule has 1 aromatic carbocycles. The molecule has 1 atom stereocenters. The first-order valence-electron chi connectivity index (χ1n) is 7.55. The van der Waals surface area contributed by atoms with Crippen LogP contribution in [0.5, 0.6) is 5.75 Å². The van der Waals surface area contributed by atoms with Gasteiger partial charge >= 0.3 is 0 Å². The number of hydrogen-bond donors (Lipinski definition) is 1. The fourth-order valence-corrected chi connectivity index (χ4v) is 3.21. The molecule has 0 aliphatic heterocycles. The molecule has 6 heteroatoms. The van der Waals surface area contributed by atoms with Crippen molar-refractivity contribution in [2.45, 2.75) is 38.9 Å². The lowest BCUT2D eigenvalue weighted by molar-refractivity contribution is -0.120. The van der Waals surface area contributed by atoms with Crippen LogP contribution in [0.2, 0.25) is 0 Å². The predicted molar refractivity (Wildman–Crippen MR) is 87.8 cm³/mol. The van der Waals surface area contributed by atoms with Gasteiger partial charge in [-0.3, -0.25) is 4.79 Å². The highest BCUT2D eigenvalue weighted by Gasteiger charge is 2.26. The minimum Gasteiger partial charge on any atom is -0.494 e. The van der Waals surface area contributed by atoms with Crippen LogP contribution in [0.4, 0.5) is 0 Å². The Bertz CT molecular complexity index is 566. The van der Waals surface area contributed by atoms with Gasteiger partial charge in [-0.05, 0) is 38.8 Å². The smallest absolute Gasteiger partial charge is 0.238 e. The molecule has 124 valence electrons. The summed E-state index contributed by atoms with van der Waals surface area (Å²) in [6.07, 6.45) is 1.14. The minimum atomic E-state index is -3.34. The predicted octanol–water partition coefficient (Wildman–Crippen LogP) is 2.09. The Morgan fingerprint density at radius 1 is 1.27 bits per heavy atom. The highest BCUT2D eigenvalue weighted by atomic mass is 32.2. The second-order valence-corrected chi connectivity index (χ2v) is 7.76. The van der Waals surface area contributed by atoms with Crippen molar-refractivity contribution in [3.8, 4) is 5.75 Å². The molecule has 0 saturated carbocycles. The van der Waals surface area contributed by atoms with E-state index in [1.165, 1.54) is 12.5 Å². The summed E-state index contributed by atoms with van der Waals surface area (Å²) in [7, 11) is -3.34. The number of amides is 1. The Hall–Kier alpha value is -1.56. The Morgan fingerprint density at radius 2 is 1.91 bits per heavy atom. The Morgan fingerprint density at radius 3 is 2.50 bits per heavy atom. The largest absolute Gasteiger partial charge is 0.494 e. The van der Waals surface area contributed by atoms with Crippen LogP contribution in [0.15, 0.2) is 24.3 Å². The number of hydrogen-bond acceptors (Lipinski definition) is 4. The van der Waals surface area contributed by atoms with E-state index in [4.69, 9.17) is 4.74 Å². The van der Waals surface area contributed by atoms with Crippen molar-refractivity contribution in [2.24, 2.45) is 0 Å². The summed E-state index contributed by atoms with van der Waals surface area (Å²) in [6, 6.07) is 7.73. The van der Waals surface area contributed by atoms with Crippen LogP contribution >= 0.6 is 0 Å². The minimum absolute atomic E-state index is 0.0398. The van der Waals surface area contributed by atoms with Gasteiger partial charge in [-0.15, -0.1) is 0 Å². The Labute approximate surface area is 133 Å². The first-order valence-corrected chi connectivity index (χ1v) is 9.27. The number of rotatable bonds is 9. The third-order valence-electron chi connectivity index (χ3n) is 3.31. The zero-order valence-electron chi connectivity index (χ0n) is 13.5. The number of ether oxygens (including phenoxy) is 1. The van der Waals surface area contributed by atoms with Crippen molar-refractivity contribution in [3.63, 3.8) is 0 Å². The maximum absolute atomic E-state index is 11.8. The van der Waals surface area contributed by atoms with Crippen LogP contribution in [-0.4, -0.2) is 38.5 Å². The Balaban J connectivity index is 2.26. The van der Waals surface area contributed by atoms with Gasteiger partial charge in [0, 0.05) is 6.54 Å². The zero-order valence-corrected chi connectivity index (χ0v) is 14.3. The molecule has 0 saturated heterocycles. The van der Waals surface area contributed by atoms with Crippen LogP contribution < -0.4 is 10.1 Å². The third-order valence-corrected chi connectivity index (χ3v) is 5.58. The maximum atomic E-state index is 11.8. The molecule has 0 heterocycles.